The van der Waals surface area contributed by atoms with Crippen molar-refractivity contribution in [3.63, 3.8) is 0 Å². The molecule has 2 atom stereocenters. The number of anilines is 1. The van der Waals surface area contributed by atoms with E-state index in [9.17, 15) is 18.0 Å². The molecular formula is C21H21Cl2F3N4O. The highest BCUT2D eigenvalue weighted by molar-refractivity contribution is 6.42. The molecule has 31 heavy (non-hydrogen) atoms. The van der Waals surface area contributed by atoms with Gasteiger partial charge in [0.1, 0.15) is 11.9 Å². The van der Waals surface area contributed by atoms with Crippen molar-refractivity contribution < 1.29 is 18.0 Å². The van der Waals surface area contributed by atoms with Crippen molar-refractivity contribution >= 4 is 34.9 Å². The van der Waals surface area contributed by atoms with Gasteiger partial charge in [-0.1, -0.05) is 42.3 Å². The van der Waals surface area contributed by atoms with Gasteiger partial charge in [-0.3, -0.25) is 4.79 Å². The number of nitrogens with zero attached hydrogens (tertiary/aromatic N) is 3. The second-order valence-corrected chi connectivity index (χ2v) is 8.55. The van der Waals surface area contributed by atoms with Crippen LogP contribution in [0.2, 0.25) is 10.0 Å². The number of carbonyl (C=O) groups is 1. The average Bonchev–Trinajstić information content (AvgIpc) is 3.35. The minimum absolute atomic E-state index is 0.0908. The van der Waals surface area contributed by atoms with Crippen LogP contribution in [0.15, 0.2) is 35.5 Å². The number of nitrogens with one attached hydrogen (secondary N) is 1. The van der Waals surface area contributed by atoms with Crippen LogP contribution in [0, 0.1) is 0 Å². The lowest BCUT2D eigenvalue weighted by atomic mass is 9.94. The summed E-state index contributed by atoms with van der Waals surface area (Å²) in [6.45, 7) is 4.30. The molecule has 2 aromatic rings. The summed E-state index contributed by atoms with van der Waals surface area (Å²) >= 11 is 12.7. The number of rotatable bonds is 3. The first kappa shape index (κ1) is 22.0. The van der Waals surface area contributed by atoms with Crippen LogP contribution in [0.1, 0.15) is 50.4 Å². The maximum atomic E-state index is 13.7. The Morgan fingerprint density at radius 3 is 2.74 bits per heavy atom. The number of likely N-dealkylation sites (tertiary alicyclic amines) is 1. The standard InChI is InChI=1S/C21H21Cl2F3N4O/c1-3-12-6-5-9-29(12)20(31)17-11(2)27-16-10-15(21(24,25)26)28-30(16)19(17)13-7-4-8-14(22)18(13)23/h4,7-8,10,12,19,27H,3,5-6,9H2,1-2H3/t12-,19?/m1/s1. The fraction of sp³-hybridized carbons (Fsp3) is 0.429. The SMILES string of the molecule is CC[C@@H]1CCCN1C(=O)C1=C(C)Nc2cc(C(F)(F)F)nn2C1c1cccc(Cl)c1Cl. The zero-order valence-corrected chi connectivity index (χ0v) is 18.4. The monoisotopic (exact) mass is 472 g/mol. The van der Waals surface area contributed by atoms with Crippen LogP contribution in [0.5, 0.6) is 0 Å². The maximum Gasteiger partial charge on any atom is 0.435 e. The molecule has 0 saturated carbocycles. The summed E-state index contributed by atoms with van der Waals surface area (Å²) in [5.74, 6) is -0.0963. The van der Waals surface area contributed by atoms with Gasteiger partial charge < -0.3 is 10.2 Å². The minimum Gasteiger partial charge on any atom is -0.344 e. The summed E-state index contributed by atoms with van der Waals surface area (Å²) < 4.78 is 41.4. The first-order valence-electron chi connectivity index (χ1n) is 10.0. The average molecular weight is 473 g/mol. The fourth-order valence-corrected chi connectivity index (χ4v) is 4.80. The van der Waals surface area contributed by atoms with Gasteiger partial charge in [-0.15, -0.1) is 0 Å². The molecule has 1 aromatic carbocycles. The van der Waals surface area contributed by atoms with Crippen molar-refractivity contribution in [3.05, 3.63) is 56.8 Å². The second kappa shape index (κ2) is 8.06. The van der Waals surface area contributed by atoms with Crippen LogP contribution in [-0.2, 0) is 11.0 Å². The summed E-state index contributed by atoms with van der Waals surface area (Å²) in [6.07, 6.45) is -2.04. The van der Waals surface area contributed by atoms with Gasteiger partial charge in [0.25, 0.3) is 5.91 Å². The van der Waals surface area contributed by atoms with Crippen molar-refractivity contribution in [3.8, 4) is 0 Å². The Morgan fingerprint density at radius 2 is 2.06 bits per heavy atom. The molecule has 4 rings (SSSR count). The Balaban J connectivity index is 1.89. The van der Waals surface area contributed by atoms with E-state index in [0.29, 0.717) is 23.4 Å². The third kappa shape index (κ3) is 3.80. The van der Waals surface area contributed by atoms with Gasteiger partial charge in [0.2, 0.25) is 0 Å². The van der Waals surface area contributed by atoms with Gasteiger partial charge in [-0.05, 0) is 32.3 Å². The number of hydrogen-bond donors (Lipinski definition) is 1. The Hall–Kier alpha value is -2.19. The van der Waals surface area contributed by atoms with Crippen molar-refractivity contribution in [2.24, 2.45) is 0 Å². The van der Waals surface area contributed by atoms with E-state index in [1.54, 1.807) is 30.0 Å². The molecule has 1 aromatic heterocycles. The lowest BCUT2D eigenvalue weighted by Gasteiger charge is -2.34. The van der Waals surface area contributed by atoms with E-state index in [1.165, 1.54) is 4.68 Å². The van der Waals surface area contributed by atoms with Crippen LogP contribution in [-0.4, -0.2) is 33.2 Å². The van der Waals surface area contributed by atoms with Crippen LogP contribution >= 0.6 is 23.2 Å². The molecule has 2 aliphatic heterocycles. The molecule has 1 saturated heterocycles. The highest BCUT2D eigenvalue weighted by Crippen LogP contribution is 2.43. The number of benzene rings is 1. The molecule has 2 aliphatic rings. The topological polar surface area (TPSA) is 50.2 Å². The third-order valence-electron chi connectivity index (χ3n) is 5.88. The van der Waals surface area contributed by atoms with E-state index in [-0.39, 0.29) is 27.8 Å². The normalized spacial score (nSPS) is 21.3. The van der Waals surface area contributed by atoms with Gasteiger partial charge in [0.15, 0.2) is 5.69 Å². The Bertz CT molecular complexity index is 1060. The van der Waals surface area contributed by atoms with E-state index in [1.807, 2.05) is 6.92 Å². The van der Waals surface area contributed by atoms with E-state index in [2.05, 4.69) is 10.4 Å². The number of amides is 1. The zero-order valence-electron chi connectivity index (χ0n) is 16.9. The smallest absolute Gasteiger partial charge is 0.344 e. The molecule has 10 heteroatoms. The molecular weight excluding hydrogens is 452 g/mol. The largest absolute Gasteiger partial charge is 0.435 e. The molecule has 1 amide bonds. The number of fused-ring (bicyclic) bond motifs is 1. The first-order valence-corrected chi connectivity index (χ1v) is 10.8. The molecule has 0 spiro atoms. The van der Waals surface area contributed by atoms with Gasteiger partial charge in [-0.2, -0.15) is 18.3 Å². The number of hydrogen-bond acceptors (Lipinski definition) is 3. The number of aromatic nitrogens is 2. The first-order chi connectivity index (χ1) is 14.6. The maximum absolute atomic E-state index is 13.7. The van der Waals surface area contributed by atoms with E-state index >= 15 is 0 Å². The van der Waals surface area contributed by atoms with Crippen LogP contribution in [0.4, 0.5) is 19.0 Å². The summed E-state index contributed by atoms with van der Waals surface area (Å²) in [5.41, 5.74) is 0.152. The molecule has 0 aliphatic carbocycles. The van der Waals surface area contributed by atoms with Crippen LogP contribution in [0.25, 0.3) is 0 Å². The summed E-state index contributed by atoms with van der Waals surface area (Å²) in [4.78, 5) is 15.5. The van der Waals surface area contributed by atoms with Gasteiger partial charge in [0, 0.05) is 29.9 Å². The quantitative estimate of drug-likeness (QED) is 0.604. The van der Waals surface area contributed by atoms with Gasteiger partial charge >= 0.3 is 6.18 Å². The summed E-state index contributed by atoms with van der Waals surface area (Å²) in [6, 6.07) is 4.98. The Labute approximate surface area is 187 Å². The summed E-state index contributed by atoms with van der Waals surface area (Å²) in [5, 5.41) is 7.16. The highest BCUT2D eigenvalue weighted by atomic mass is 35.5. The summed E-state index contributed by atoms with van der Waals surface area (Å²) in [7, 11) is 0. The Morgan fingerprint density at radius 1 is 1.32 bits per heavy atom. The predicted molar refractivity (Wildman–Crippen MR) is 113 cm³/mol. The molecule has 1 N–H and O–H groups in total. The molecule has 1 unspecified atom stereocenters. The lowest BCUT2D eigenvalue weighted by molar-refractivity contribution is -0.141. The lowest BCUT2D eigenvalue weighted by Crippen LogP contribution is -2.40. The number of halogens is 5. The minimum atomic E-state index is -4.63. The number of carbonyl (C=O) groups excluding carboxylic acids is 1. The van der Waals surface area contributed by atoms with E-state index in [0.717, 1.165) is 25.3 Å². The molecule has 0 bridgehead atoms. The molecule has 5 nitrogen and oxygen atoms in total. The molecule has 3 heterocycles. The van der Waals surface area contributed by atoms with Crippen molar-refractivity contribution in [2.75, 3.05) is 11.9 Å². The zero-order chi connectivity index (χ0) is 22.5. The molecule has 166 valence electrons. The highest BCUT2D eigenvalue weighted by Gasteiger charge is 2.42. The van der Waals surface area contributed by atoms with E-state index < -0.39 is 17.9 Å². The second-order valence-electron chi connectivity index (χ2n) is 7.77. The van der Waals surface area contributed by atoms with E-state index in [4.69, 9.17) is 23.2 Å². The van der Waals surface area contributed by atoms with Crippen molar-refractivity contribution in [2.45, 2.75) is 51.4 Å². The Kier molecular flexibility index (Phi) is 5.72. The molecule has 1 fully saturated rings. The fourth-order valence-electron chi connectivity index (χ4n) is 4.39. The number of allylic oxidation sites excluding steroid dienone is 1. The van der Waals surface area contributed by atoms with Crippen LogP contribution < -0.4 is 5.32 Å². The van der Waals surface area contributed by atoms with Crippen LogP contribution in [0.3, 0.4) is 0 Å². The predicted octanol–water partition coefficient (Wildman–Crippen LogP) is 5.90. The third-order valence-corrected chi connectivity index (χ3v) is 6.71. The number of alkyl halides is 3. The van der Waals surface area contributed by atoms with Crippen molar-refractivity contribution in [1.82, 2.24) is 14.7 Å². The van der Waals surface area contributed by atoms with Gasteiger partial charge in [-0.25, -0.2) is 4.68 Å². The van der Waals surface area contributed by atoms with Crippen molar-refractivity contribution in [1.29, 1.82) is 0 Å². The van der Waals surface area contributed by atoms with Gasteiger partial charge in [0.05, 0.1) is 15.6 Å². The molecule has 0 radical (unpaired) electrons.